The maximum Gasteiger partial charge on any atom is 0.416 e. The number of amides is 2. The lowest BCUT2D eigenvalue weighted by molar-refractivity contribution is -0.137. The first-order valence-electron chi connectivity index (χ1n) is 5.76. The second-order valence-electron chi connectivity index (χ2n) is 3.95. The quantitative estimate of drug-likeness (QED) is 0.767. The van der Waals surface area contributed by atoms with Crippen molar-refractivity contribution in [2.75, 3.05) is 20.2 Å². The van der Waals surface area contributed by atoms with Crippen molar-refractivity contribution in [3.05, 3.63) is 29.8 Å². The molecular weight excluding hydrogens is 277 g/mol. The molecule has 0 aliphatic heterocycles. The van der Waals surface area contributed by atoms with Gasteiger partial charge in [-0.3, -0.25) is 0 Å². The van der Waals surface area contributed by atoms with Gasteiger partial charge in [-0.15, -0.1) is 0 Å². The van der Waals surface area contributed by atoms with Crippen molar-refractivity contribution < 1.29 is 27.8 Å². The van der Waals surface area contributed by atoms with Crippen molar-refractivity contribution in [3.8, 4) is 5.75 Å². The van der Waals surface area contributed by atoms with Crippen LogP contribution in [-0.4, -0.2) is 37.4 Å². The van der Waals surface area contributed by atoms with Crippen LogP contribution in [0.1, 0.15) is 5.56 Å². The number of nitrogens with one attached hydrogen (secondary N) is 2. The average Bonchev–Trinajstić information content (AvgIpc) is 2.41. The lowest BCUT2D eigenvalue weighted by atomic mass is 10.2. The summed E-state index contributed by atoms with van der Waals surface area (Å²) < 4.78 is 42.1. The third kappa shape index (κ3) is 5.35. The number of aliphatic hydroxyl groups excluding tert-OH is 1. The van der Waals surface area contributed by atoms with E-state index >= 15 is 0 Å². The van der Waals surface area contributed by atoms with Gasteiger partial charge in [0.05, 0.1) is 5.56 Å². The highest BCUT2D eigenvalue weighted by Crippen LogP contribution is 2.30. The van der Waals surface area contributed by atoms with Gasteiger partial charge in [-0.05, 0) is 24.3 Å². The van der Waals surface area contributed by atoms with E-state index in [1.807, 2.05) is 0 Å². The van der Waals surface area contributed by atoms with Crippen LogP contribution in [0.5, 0.6) is 5.75 Å². The maximum absolute atomic E-state index is 12.3. The minimum Gasteiger partial charge on any atom is -0.491 e. The van der Waals surface area contributed by atoms with Gasteiger partial charge in [0.15, 0.2) is 0 Å². The van der Waals surface area contributed by atoms with E-state index in [1.54, 1.807) is 0 Å². The van der Waals surface area contributed by atoms with Gasteiger partial charge in [0, 0.05) is 13.6 Å². The summed E-state index contributed by atoms with van der Waals surface area (Å²) in [6.45, 7) is -0.171. The number of urea groups is 1. The fraction of sp³-hybridized carbons (Fsp3) is 0.417. The Morgan fingerprint density at radius 2 is 1.95 bits per heavy atom. The van der Waals surface area contributed by atoms with Gasteiger partial charge < -0.3 is 20.5 Å². The molecule has 1 rings (SSSR count). The summed E-state index contributed by atoms with van der Waals surface area (Å²) in [6.07, 6.45) is -5.36. The largest absolute Gasteiger partial charge is 0.491 e. The molecule has 112 valence electrons. The first kappa shape index (κ1) is 16.1. The Hall–Kier alpha value is -1.96. The van der Waals surface area contributed by atoms with Crippen LogP contribution in [0.15, 0.2) is 24.3 Å². The molecule has 1 aromatic rings. The van der Waals surface area contributed by atoms with Gasteiger partial charge in [-0.2, -0.15) is 13.2 Å². The number of rotatable bonds is 5. The van der Waals surface area contributed by atoms with Crippen LogP contribution >= 0.6 is 0 Å². The van der Waals surface area contributed by atoms with Gasteiger partial charge >= 0.3 is 12.2 Å². The smallest absolute Gasteiger partial charge is 0.416 e. The Bertz CT molecular complexity index is 435. The highest BCUT2D eigenvalue weighted by Gasteiger charge is 2.30. The van der Waals surface area contributed by atoms with Gasteiger partial charge in [0.1, 0.15) is 18.5 Å². The molecule has 8 heteroatoms. The Morgan fingerprint density at radius 3 is 2.45 bits per heavy atom. The molecule has 0 spiro atoms. The molecule has 20 heavy (non-hydrogen) atoms. The normalized spacial score (nSPS) is 12.7. The predicted molar refractivity (Wildman–Crippen MR) is 65.4 cm³/mol. The third-order valence-corrected chi connectivity index (χ3v) is 2.35. The van der Waals surface area contributed by atoms with Crippen molar-refractivity contribution in [1.29, 1.82) is 0 Å². The number of benzene rings is 1. The summed E-state index contributed by atoms with van der Waals surface area (Å²) in [5.74, 6) is 0.206. The number of aliphatic hydroxyl groups is 1. The molecule has 1 aromatic carbocycles. The fourth-order valence-electron chi connectivity index (χ4n) is 1.29. The summed E-state index contributed by atoms with van der Waals surface area (Å²) in [6, 6.07) is 3.68. The van der Waals surface area contributed by atoms with Gasteiger partial charge in [-0.25, -0.2) is 4.79 Å². The highest BCUT2D eigenvalue weighted by molar-refractivity contribution is 5.73. The highest BCUT2D eigenvalue weighted by atomic mass is 19.4. The van der Waals surface area contributed by atoms with Crippen molar-refractivity contribution in [2.45, 2.75) is 12.3 Å². The standard InChI is InChI=1S/C12H15F3N2O3/c1-16-11(19)17-6-9(18)7-20-10-4-2-8(3-5-10)12(13,14)15/h2-5,9,18H,6-7H2,1H3,(H2,16,17,19). The Balaban J connectivity index is 2.40. The van der Waals surface area contributed by atoms with Gasteiger partial charge in [0.25, 0.3) is 0 Å². The van der Waals surface area contributed by atoms with Gasteiger partial charge in [0.2, 0.25) is 0 Å². The fourth-order valence-corrected chi connectivity index (χ4v) is 1.29. The third-order valence-electron chi connectivity index (χ3n) is 2.35. The molecule has 0 aliphatic rings. The topological polar surface area (TPSA) is 70.6 Å². The van der Waals surface area contributed by atoms with E-state index in [0.29, 0.717) is 0 Å². The Kier molecular flexibility index (Phi) is 5.63. The van der Waals surface area contributed by atoms with Crippen LogP contribution < -0.4 is 15.4 Å². The SMILES string of the molecule is CNC(=O)NCC(O)COc1ccc(C(F)(F)F)cc1. The van der Waals surface area contributed by atoms with Crippen molar-refractivity contribution >= 4 is 6.03 Å². The Morgan fingerprint density at radius 1 is 1.35 bits per heavy atom. The molecule has 0 aliphatic carbocycles. The molecule has 0 saturated heterocycles. The van der Waals surface area contributed by atoms with E-state index in [4.69, 9.17) is 4.74 Å². The predicted octanol–water partition coefficient (Wildman–Crippen LogP) is 1.37. The van der Waals surface area contributed by atoms with E-state index in [-0.39, 0.29) is 18.9 Å². The number of hydrogen-bond acceptors (Lipinski definition) is 3. The monoisotopic (exact) mass is 292 g/mol. The molecule has 0 bridgehead atoms. The number of hydrogen-bond donors (Lipinski definition) is 3. The molecule has 0 fully saturated rings. The number of carbonyl (C=O) groups excluding carboxylic acids is 1. The summed E-state index contributed by atoms with van der Waals surface area (Å²) >= 11 is 0. The van der Waals surface area contributed by atoms with Crippen LogP contribution in [0, 0.1) is 0 Å². The van der Waals surface area contributed by atoms with Crippen LogP contribution in [-0.2, 0) is 6.18 Å². The number of alkyl halides is 3. The molecule has 0 radical (unpaired) electrons. The summed E-state index contributed by atoms with van der Waals surface area (Å²) in [5.41, 5.74) is -0.772. The molecule has 0 aromatic heterocycles. The zero-order chi connectivity index (χ0) is 15.2. The van der Waals surface area contributed by atoms with Crippen LogP contribution in [0.4, 0.5) is 18.0 Å². The van der Waals surface area contributed by atoms with Crippen molar-refractivity contribution in [3.63, 3.8) is 0 Å². The second-order valence-corrected chi connectivity index (χ2v) is 3.95. The van der Waals surface area contributed by atoms with Crippen molar-refractivity contribution in [2.24, 2.45) is 0 Å². The van der Waals surface area contributed by atoms with E-state index in [2.05, 4.69) is 10.6 Å². The van der Waals surface area contributed by atoms with Crippen LogP contribution in [0.25, 0.3) is 0 Å². The van der Waals surface area contributed by atoms with Gasteiger partial charge in [-0.1, -0.05) is 0 Å². The molecular formula is C12H15F3N2O3. The Labute approximate surface area is 113 Å². The second kappa shape index (κ2) is 6.99. The summed E-state index contributed by atoms with van der Waals surface area (Å²) in [4.78, 5) is 10.8. The van der Waals surface area contributed by atoms with E-state index in [0.717, 1.165) is 12.1 Å². The molecule has 5 nitrogen and oxygen atoms in total. The zero-order valence-corrected chi connectivity index (χ0v) is 10.7. The number of ether oxygens (including phenoxy) is 1. The molecule has 0 saturated carbocycles. The number of halogens is 3. The summed E-state index contributed by atoms with van der Waals surface area (Å²) in [5, 5.41) is 14.2. The van der Waals surface area contributed by atoms with E-state index in [1.165, 1.54) is 19.2 Å². The minimum absolute atomic E-state index is 0.0275. The van der Waals surface area contributed by atoms with Crippen LogP contribution in [0.2, 0.25) is 0 Å². The van der Waals surface area contributed by atoms with Crippen LogP contribution in [0.3, 0.4) is 0 Å². The molecule has 1 atom stereocenters. The van der Waals surface area contributed by atoms with E-state index in [9.17, 15) is 23.1 Å². The lowest BCUT2D eigenvalue weighted by Crippen LogP contribution is -2.39. The first-order chi connectivity index (χ1) is 9.32. The van der Waals surface area contributed by atoms with Crippen molar-refractivity contribution in [1.82, 2.24) is 10.6 Å². The molecule has 0 heterocycles. The molecule has 2 amide bonds. The first-order valence-corrected chi connectivity index (χ1v) is 5.76. The lowest BCUT2D eigenvalue weighted by Gasteiger charge is -2.13. The summed E-state index contributed by atoms with van der Waals surface area (Å²) in [7, 11) is 1.43. The maximum atomic E-state index is 12.3. The zero-order valence-electron chi connectivity index (χ0n) is 10.7. The van der Waals surface area contributed by atoms with E-state index < -0.39 is 23.9 Å². The molecule has 3 N–H and O–H groups in total. The average molecular weight is 292 g/mol. The molecule has 1 unspecified atom stereocenters. The number of carbonyl (C=O) groups is 1. The minimum atomic E-state index is -4.39.